The Kier molecular flexibility index (Phi) is 6.59. The van der Waals surface area contributed by atoms with E-state index in [4.69, 9.17) is 22.1 Å². The summed E-state index contributed by atoms with van der Waals surface area (Å²) >= 11 is 6.03. The zero-order valence-electron chi connectivity index (χ0n) is 17.7. The zero-order chi connectivity index (χ0) is 24.1. The third-order valence-corrected chi connectivity index (χ3v) is 5.40. The number of aromatic nitrogens is 2. The van der Waals surface area contributed by atoms with E-state index in [0.717, 1.165) is 0 Å². The van der Waals surface area contributed by atoms with Crippen molar-refractivity contribution >= 4 is 29.1 Å². The van der Waals surface area contributed by atoms with Gasteiger partial charge in [-0.1, -0.05) is 48.0 Å². The van der Waals surface area contributed by atoms with Crippen molar-refractivity contribution in [3.8, 4) is 23.6 Å². The maximum atomic E-state index is 13.9. The molecule has 8 heteroatoms. The molecule has 6 nitrogen and oxygen atoms in total. The summed E-state index contributed by atoms with van der Waals surface area (Å²) < 4.78 is 21.0. The molecule has 0 aliphatic carbocycles. The number of nitriles is 2. The lowest BCUT2D eigenvalue weighted by Crippen LogP contribution is -2.02. The lowest BCUT2D eigenvalue weighted by Gasteiger charge is -2.09. The highest BCUT2D eigenvalue weighted by molar-refractivity contribution is 6.31. The van der Waals surface area contributed by atoms with Gasteiger partial charge in [0.25, 0.3) is 0 Å². The minimum Gasteiger partial charge on any atom is -0.489 e. The second-order valence-electron chi connectivity index (χ2n) is 7.20. The van der Waals surface area contributed by atoms with E-state index in [0.29, 0.717) is 22.0 Å². The molecule has 0 saturated carbocycles. The van der Waals surface area contributed by atoms with E-state index in [1.54, 1.807) is 48.5 Å². The summed E-state index contributed by atoms with van der Waals surface area (Å²) in [7, 11) is 0. The highest BCUT2D eigenvalue weighted by Crippen LogP contribution is 2.28. The van der Waals surface area contributed by atoms with E-state index in [9.17, 15) is 14.9 Å². The van der Waals surface area contributed by atoms with Gasteiger partial charge in [0.2, 0.25) is 0 Å². The van der Waals surface area contributed by atoms with Crippen LogP contribution in [0.1, 0.15) is 22.4 Å². The van der Waals surface area contributed by atoms with Gasteiger partial charge in [-0.25, -0.2) is 9.07 Å². The first-order chi connectivity index (χ1) is 16.5. The maximum absolute atomic E-state index is 13.9. The molecule has 2 N–H and O–H groups in total. The SMILES string of the molecule is N#C/C(=C\c1ccc(OCc2c(F)cccc2Cl)cc1)c1nn(-c2ccccc2)c(N)c1C#N. The molecule has 34 heavy (non-hydrogen) atoms. The Bertz CT molecular complexity index is 1430. The average molecular weight is 470 g/mol. The molecule has 0 aliphatic heterocycles. The smallest absolute Gasteiger partial charge is 0.145 e. The molecule has 166 valence electrons. The van der Waals surface area contributed by atoms with E-state index in [1.807, 2.05) is 24.3 Å². The van der Waals surface area contributed by atoms with E-state index in [2.05, 4.69) is 11.2 Å². The summed E-state index contributed by atoms with van der Waals surface area (Å²) in [5, 5.41) is 24.1. The molecule has 0 amide bonds. The van der Waals surface area contributed by atoms with Gasteiger partial charge < -0.3 is 10.5 Å². The third-order valence-electron chi connectivity index (χ3n) is 5.05. The number of allylic oxidation sites excluding steroid dienone is 1. The van der Waals surface area contributed by atoms with Crippen molar-refractivity contribution in [2.24, 2.45) is 0 Å². The van der Waals surface area contributed by atoms with Gasteiger partial charge in [0.15, 0.2) is 0 Å². The van der Waals surface area contributed by atoms with Crippen LogP contribution in [0.15, 0.2) is 72.8 Å². The Hall–Kier alpha value is -4.59. The van der Waals surface area contributed by atoms with Crippen molar-refractivity contribution in [3.63, 3.8) is 0 Å². The van der Waals surface area contributed by atoms with Crippen molar-refractivity contribution in [2.45, 2.75) is 6.61 Å². The largest absolute Gasteiger partial charge is 0.489 e. The fraction of sp³-hybridized carbons (Fsp3) is 0.0385. The normalized spacial score (nSPS) is 11.0. The van der Waals surface area contributed by atoms with Crippen LogP contribution in [0.25, 0.3) is 17.3 Å². The number of para-hydroxylation sites is 1. The number of ether oxygens (including phenoxy) is 1. The van der Waals surface area contributed by atoms with Crippen LogP contribution in [0, 0.1) is 28.5 Å². The Labute approximate surface area is 200 Å². The second kappa shape index (κ2) is 9.91. The summed E-state index contributed by atoms with van der Waals surface area (Å²) in [5.74, 6) is 0.221. The monoisotopic (exact) mass is 469 g/mol. The van der Waals surface area contributed by atoms with Crippen LogP contribution in [0.3, 0.4) is 0 Å². The van der Waals surface area contributed by atoms with E-state index in [-0.39, 0.29) is 34.8 Å². The first-order valence-electron chi connectivity index (χ1n) is 10.1. The number of anilines is 1. The molecule has 4 rings (SSSR count). The molecular formula is C26H17ClFN5O. The molecule has 0 atom stereocenters. The van der Waals surface area contributed by atoms with E-state index < -0.39 is 5.82 Å². The van der Waals surface area contributed by atoms with Gasteiger partial charge in [-0.2, -0.15) is 15.6 Å². The van der Waals surface area contributed by atoms with Gasteiger partial charge >= 0.3 is 0 Å². The van der Waals surface area contributed by atoms with Gasteiger partial charge in [0, 0.05) is 5.56 Å². The zero-order valence-corrected chi connectivity index (χ0v) is 18.5. The van der Waals surface area contributed by atoms with Crippen molar-refractivity contribution in [1.29, 1.82) is 10.5 Å². The lowest BCUT2D eigenvalue weighted by molar-refractivity contribution is 0.300. The Morgan fingerprint density at radius 2 is 1.79 bits per heavy atom. The molecule has 0 bridgehead atoms. The summed E-state index contributed by atoms with van der Waals surface area (Å²) in [6, 6.07) is 24.6. The van der Waals surface area contributed by atoms with E-state index in [1.165, 1.54) is 16.8 Å². The molecule has 3 aromatic carbocycles. The average Bonchev–Trinajstić information content (AvgIpc) is 3.19. The topological polar surface area (TPSA) is 101 Å². The molecule has 0 saturated heterocycles. The summed E-state index contributed by atoms with van der Waals surface area (Å²) in [5.41, 5.74) is 8.28. The number of hydrogen-bond acceptors (Lipinski definition) is 5. The van der Waals surface area contributed by atoms with E-state index >= 15 is 0 Å². The molecule has 1 heterocycles. The number of hydrogen-bond donors (Lipinski definition) is 1. The summed E-state index contributed by atoms with van der Waals surface area (Å²) in [6.07, 6.45) is 1.61. The van der Waals surface area contributed by atoms with Crippen LogP contribution in [0.2, 0.25) is 5.02 Å². The van der Waals surface area contributed by atoms with Crippen molar-refractivity contribution in [2.75, 3.05) is 5.73 Å². The number of nitrogens with zero attached hydrogens (tertiary/aromatic N) is 4. The van der Waals surface area contributed by atoms with Crippen LogP contribution >= 0.6 is 11.6 Å². The highest BCUT2D eigenvalue weighted by Gasteiger charge is 2.20. The minimum absolute atomic E-state index is 0.0220. The molecule has 4 aromatic rings. The Balaban J connectivity index is 1.59. The van der Waals surface area contributed by atoms with Crippen LogP contribution in [0.4, 0.5) is 10.2 Å². The van der Waals surface area contributed by atoms with Gasteiger partial charge in [-0.05, 0) is 48.0 Å². The van der Waals surface area contributed by atoms with Gasteiger partial charge in [-0.3, -0.25) is 0 Å². The fourth-order valence-corrected chi connectivity index (χ4v) is 3.52. The highest BCUT2D eigenvalue weighted by atomic mass is 35.5. The van der Waals surface area contributed by atoms with Crippen molar-refractivity contribution < 1.29 is 9.13 Å². The third kappa shape index (κ3) is 4.61. The Morgan fingerprint density at radius 3 is 2.44 bits per heavy atom. The van der Waals surface area contributed by atoms with Gasteiger partial charge in [0.1, 0.15) is 47.4 Å². The van der Waals surface area contributed by atoms with Crippen molar-refractivity contribution in [1.82, 2.24) is 9.78 Å². The van der Waals surface area contributed by atoms with Gasteiger partial charge in [0.05, 0.1) is 16.3 Å². The number of benzene rings is 3. The quantitative estimate of drug-likeness (QED) is 0.362. The standard InChI is InChI=1S/C26H17ClFN5O/c27-23-7-4-8-24(28)22(23)16-34-20-11-9-17(10-12-20)13-18(14-29)25-21(15-30)26(31)33(32-25)19-5-2-1-3-6-19/h1-13H,16,31H2/b18-13+. The number of nitrogens with two attached hydrogens (primary N) is 1. The predicted molar refractivity (Wildman–Crippen MR) is 128 cm³/mol. The molecular weight excluding hydrogens is 453 g/mol. The molecule has 0 aliphatic rings. The Morgan fingerprint density at radius 1 is 1.06 bits per heavy atom. The summed E-state index contributed by atoms with van der Waals surface area (Å²) in [6.45, 7) is -0.0220. The van der Waals surface area contributed by atoms with Crippen LogP contribution < -0.4 is 10.5 Å². The van der Waals surface area contributed by atoms with Gasteiger partial charge in [-0.15, -0.1) is 0 Å². The maximum Gasteiger partial charge on any atom is 0.145 e. The van der Waals surface area contributed by atoms with Crippen LogP contribution in [-0.2, 0) is 6.61 Å². The first kappa shape index (κ1) is 22.6. The number of halogens is 2. The predicted octanol–water partition coefficient (Wildman–Crippen LogP) is 5.76. The minimum atomic E-state index is -0.437. The summed E-state index contributed by atoms with van der Waals surface area (Å²) in [4.78, 5) is 0. The molecule has 0 radical (unpaired) electrons. The van der Waals surface area contributed by atoms with Crippen molar-refractivity contribution in [3.05, 3.63) is 106 Å². The second-order valence-corrected chi connectivity index (χ2v) is 7.60. The fourth-order valence-electron chi connectivity index (χ4n) is 3.30. The number of rotatable bonds is 6. The van der Waals surface area contributed by atoms with Crippen LogP contribution in [-0.4, -0.2) is 9.78 Å². The molecule has 0 unspecified atom stereocenters. The molecule has 0 spiro atoms. The molecule has 1 aromatic heterocycles. The lowest BCUT2D eigenvalue weighted by atomic mass is 10.1. The van der Waals surface area contributed by atoms with Crippen LogP contribution in [0.5, 0.6) is 5.75 Å². The first-order valence-corrected chi connectivity index (χ1v) is 10.5. The molecule has 0 fully saturated rings. The number of nitrogen functional groups attached to an aromatic ring is 1.